The van der Waals surface area contributed by atoms with E-state index in [9.17, 15) is 9.59 Å². The second-order valence-corrected chi connectivity index (χ2v) is 5.80. The third kappa shape index (κ3) is 2.21. The summed E-state index contributed by atoms with van der Waals surface area (Å²) in [7, 11) is 0. The molecule has 0 radical (unpaired) electrons. The first-order chi connectivity index (χ1) is 9.71. The predicted molar refractivity (Wildman–Crippen MR) is 72.0 cm³/mol. The van der Waals surface area contributed by atoms with Crippen molar-refractivity contribution in [3.63, 3.8) is 0 Å². The van der Waals surface area contributed by atoms with Crippen molar-refractivity contribution in [2.45, 2.75) is 49.6 Å². The molecule has 1 saturated carbocycles. The summed E-state index contributed by atoms with van der Waals surface area (Å²) in [5.74, 6) is 0.0380. The maximum Gasteiger partial charge on any atom is 0.235 e. The third-order valence-electron chi connectivity index (χ3n) is 4.44. The van der Waals surface area contributed by atoms with E-state index in [2.05, 4.69) is 20.3 Å². The monoisotopic (exact) mass is 274 g/mol. The fraction of sp³-hybridized carbons (Fsp3) is 0.643. The van der Waals surface area contributed by atoms with E-state index in [0.717, 1.165) is 25.0 Å². The highest BCUT2D eigenvalue weighted by atomic mass is 16.1. The third-order valence-corrected chi connectivity index (χ3v) is 4.44. The summed E-state index contributed by atoms with van der Waals surface area (Å²) in [6, 6.07) is 0. The number of carbonyl (C=O) groups is 1. The fourth-order valence-corrected chi connectivity index (χ4v) is 3.23. The molecule has 1 aromatic heterocycles. The molecule has 2 N–H and O–H groups in total. The van der Waals surface area contributed by atoms with Crippen molar-refractivity contribution in [1.29, 1.82) is 0 Å². The van der Waals surface area contributed by atoms with Gasteiger partial charge in [0.15, 0.2) is 5.78 Å². The lowest BCUT2D eigenvalue weighted by molar-refractivity contribution is -0.127. The standard InChI is InChI=1S/C14H18N4O2/c19-10-18-13(4-2-1-3-5-13)12(20)14(8-17-14)6-11-7-15-9-16-11/h7,9,17H,1-6,8H2,(H,15,16)/t14-/m1/s1. The maximum absolute atomic E-state index is 12.9. The molecule has 1 aliphatic carbocycles. The molecule has 2 aliphatic rings. The van der Waals surface area contributed by atoms with E-state index in [1.807, 2.05) is 0 Å². The Morgan fingerprint density at radius 1 is 1.40 bits per heavy atom. The average Bonchev–Trinajstić information content (AvgIpc) is 3.06. The van der Waals surface area contributed by atoms with Gasteiger partial charge in [0.25, 0.3) is 0 Å². The van der Waals surface area contributed by atoms with Crippen molar-refractivity contribution >= 4 is 11.9 Å². The first-order valence-corrected chi connectivity index (χ1v) is 7.07. The number of hydrogen-bond acceptors (Lipinski definition) is 5. The largest absolute Gasteiger partial charge is 0.351 e. The smallest absolute Gasteiger partial charge is 0.235 e. The molecule has 1 aliphatic heterocycles. The van der Waals surface area contributed by atoms with Gasteiger partial charge in [-0.15, -0.1) is 0 Å². The normalized spacial score (nSPS) is 27.6. The molecule has 2 fully saturated rings. The Bertz CT molecular complexity index is 536. The van der Waals surface area contributed by atoms with Gasteiger partial charge in [0.2, 0.25) is 6.08 Å². The predicted octanol–water partition coefficient (Wildman–Crippen LogP) is 0.902. The molecular formula is C14H18N4O2. The van der Waals surface area contributed by atoms with Crippen LogP contribution in [-0.2, 0) is 16.0 Å². The molecule has 0 spiro atoms. The summed E-state index contributed by atoms with van der Waals surface area (Å²) in [6.07, 6.45) is 9.87. The summed E-state index contributed by atoms with van der Waals surface area (Å²) in [4.78, 5) is 34.7. The van der Waals surface area contributed by atoms with E-state index in [1.165, 1.54) is 0 Å². The highest BCUT2D eigenvalue weighted by molar-refractivity contribution is 6.00. The van der Waals surface area contributed by atoms with E-state index in [4.69, 9.17) is 0 Å². The molecule has 2 heterocycles. The number of H-pyrrole nitrogens is 1. The molecule has 1 aromatic rings. The van der Waals surface area contributed by atoms with Gasteiger partial charge >= 0.3 is 0 Å². The number of ketones is 1. The summed E-state index contributed by atoms with van der Waals surface area (Å²) < 4.78 is 0. The van der Waals surface area contributed by atoms with Crippen molar-refractivity contribution in [3.8, 4) is 0 Å². The Morgan fingerprint density at radius 2 is 2.15 bits per heavy atom. The molecule has 0 aromatic carbocycles. The van der Waals surface area contributed by atoms with E-state index in [0.29, 0.717) is 25.8 Å². The molecule has 6 nitrogen and oxygen atoms in total. The lowest BCUT2D eigenvalue weighted by Gasteiger charge is -2.33. The first kappa shape index (κ1) is 13.2. The summed E-state index contributed by atoms with van der Waals surface area (Å²) in [5, 5.41) is 3.17. The Morgan fingerprint density at radius 3 is 2.70 bits per heavy atom. The number of aromatic amines is 1. The van der Waals surface area contributed by atoms with Crippen LogP contribution in [0.25, 0.3) is 0 Å². The fourth-order valence-electron chi connectivity index (χ4n) is 3.23. The lowest BCUT2D eigenvalue weighted by atomic mass is 9.74. The topological polar surface area (TPSA) is 97.1 Å². The minimum atomic E-state index is -0.861. The lowest BCUT2D eigenvalue weighted by Crippen LogP contribution is -2.49. The number of aliphatic imine (C=N–C) groups is 1. The quantitative estimate of drug-likeness (QED) is 0.473. The van der Waals surface area contributed by atoms with E-state index >= 15 is 0 Å². The zero-order valence-electron chi connectivity index (χ0n) is 11.3. The van der Waals surface area contributed by atoms with Crippen LogP contribution >= 0.6 is 0 Å². The number of nitrogens with zero attached hydrogens (tertiary/aromatic N) is 2. The van der Waals surface area contributed by atoms with Gasteiger partial charge in [-0.3, -0.25) is 4.79 Å². The molecule has 1 saturated heterocycles. The van der Waals surface area contributed by atoms with Gasteiger partial charge in [-0.1, -0.05) is 19.3 Å². The number of rotatable bonds is 5. The number of isocyanates is 1. The average molecular weight is 274 g/mol. The number of aromatic nitrogens is 2. The van der Waals surface area contributed by atoms with Crippen molar-refractivity contribution in [2.24, 2.45) is 4.99 Å². The molecule has 106 valence electrons. The molecule has 1 atom stereocenters. The van der Waals surface area contributed by atoms with Gasteiger partial charge in [-0.05, 0) is 12.8 Å². The Hall–Kier alpha value is -1.78. The van der Waals surface area contributed by atoms with Gasteiger partial charge in [0.05, 0.1) is 17.6 Å². The molecule has 3 rings (SSSR count). The van der Waals surface area contributed by atoms with Crippen LogP contribution < -0.4 is 5.32 Å². The SMILES string of the molecule is O=C=NC1(C(=O)[C@@]2(Cc3c[nH]cn3)CN2)CCCCC1. The van der Waals surface area contributed by atoms with Crippen LogP contribution in [0.4, 0.5) is 0 Å². The van der Waals surface area contributed by atoms with Gasteiger partial charge in [0, 0.05) is 19.2 Å². The summed E-state index contributed by atoms with van der Waals surface area (Å²) in [5.41, 5.74) is -0.600. The van der Waals surface area contributed by atoms with Crippen LogP contribution in [0.1, 0.15) is 37.8 Å². The molecule has 0 unspecified atom stereocenters. The Balaban J connectivity index is 1.84. The zero-order valence-corrected chi connectivity index (χ0v) is 11.3. The first-order valence-electron chi connectivity index (χ1n) is 7.07. The van der Waals surface area contributed by atoms with E-state index < -0.39 is 11.1 Å². The zero-order chi connectivity index (χ0) is 14.1. The minimum Gasteiger partial charge on any atom is -0.351 e. The number of hydrogen-bond donors (Lipinski definition) is 2. The van der Waals surface area contributed by atoms with Crippen molar-refractivity contribution in [1.82, 2.24) is 15.3 Å². The van der Waals surface area contributed by atoms with Crippen molar-refractivity contribution in [2.75, 3.05) is 6.54 Å². The van der Waals surface area contributed by atoms with Gasteiger partial charge in [-0.25, -0.2) is 9.78 Å². The van der Waals surface area contributed by atoms with Gasteiger partial charge in [-0.2, -0.15) is 4.99 Å². The van der Waals surface area contributed by atoms with Crippen LogP contribution in [0, 0.1) is 0 Å². The van der Waals surface area contributed by atoms with Crippen molar-refractivity contribution in [3.05, 3.63) is 18.2 Å². The van der Waals surface area contributed by atoms with E-state index in [-0.39, 0.29) is 5.78 Å². The second-order valence-electron chi connectivity index (χ2n) is 5.80. The molecule has 20 heavy (non-hydrogen) atoms. The minimum absolute atomic E-state index is 0.0380. The highest BCUT2D eigenvalue weighted by Crippen LogP contribution is 2.39. The summed E-state index contributed by atoms with van der Waals surface area (Å²) in [6.45, 7) is 0.634. The molecule has 0 bridgehead atoms. The number of nitrogens with one attached hydrogen (secondary N) is 2. The van der Waals surface area contributed by atoms with Crippen LogP contribution in [0.15, 0.2) is 17.5 Å². The molecule has 0 amide bonds. The van der Waals surface area contributed by atoms with Crippen LogP contribution in [0.5, 0.6) is 0 Å². The van der Waals surface area contributed by atoms with Crippen LogP contribution in [0.2, 0.25) is 0 Å². The number of Topliss-reactive ketones (excluding diaryl/α,β-unsaturated/α-hetero) is 1. The van der Waals surface area contributed by atoms with Crippen molar-refractivity contribution < 1.29 is 9.59 Å². The summed E-state index contributed by atoms with van der Waals surface area (Å²) >= 11 is 0. The molecule has 6 heteroatoms. The van der Waals surface area contributed by atoms with E-state index in [1.54, 1.807) is 18.6 Å². The maximum atomic E-state index is 12.9. The highest BCUT2D eigenvalue weighted by Gasteiger charge is 2.57. The van der Waals surface area contributed by atoms with Crippen LogP contribution in [0.3, 0.4) is 0 Å². The Kier molecular flexibility index (Phi) is 3.28. The Labute approximate surface area is 117 Å². The number of imidazole rings is 1. The number of carbonyl (C=O) groups excluding carboxylic acids is 2. The van der Waals surface area contributed by atoms with Crippen LogP contribution in [-0.4, -0.2) is 39.5 Å². The second kappa shape index (κ2) is 4.96. The molecular weight excluding hydrogens is 256 g/mol. The van der Waals surface area contributed by atoms with Gasteiger partial charge < -0.3 is 10.3 Å². The van der Waals surface area contributed by atoms with Gasteiger partial charge in [0.1, 0.15) is 5.54 Å².